The first-order chi connectivity index (χ1) is 10.2. The molecule has 0 amide bonds. The van der Waals surface area contributed by atoms with Crippen LogP contribution < -0.4 is 10.5 Å². The van der Waals surface area contributed by atoms with Crippen LogP contribution in [-0.2, 0) is 11.2 Å². The fourth-order valence-electron chi connectivity index (χ4n) is 2.20. The SMILES string of the molecule is COC(=O)c1cc(OC)ccc1-c1ccc(CCN)cc1. The van der Waals surface area contributed by atoms with E-state index in [2.05, 4.69) is 0 Å². The van der Waals surface area contributed by atoms with Crippen LogP contribution in [0.4, 0.5) is 0 Å². The van der Waals surface area contributed by atoms with E-state index in [0.29, 0.717) is 17.9 Å². The predicted octanol–water partition coefficient (Wildman–Crippen LogP) is 2.65. The molecule has 0 spiro atoms. The molecule has 0 aliphatic heterocycles. The monoisotopic (exact) mass is 285 g/mol. The molecular weight excluding hydrogens is 266 g/mol. The Balaban J connectivity index is 2.44. The summed E-state index contributed by atoms with van der Waals surface area (Å²) in [7, 11) is 2.94. The molecule has 21 heavy (non-hydrogen) atoms. The fraction of sp³-hybridized carbons (Fsp3) is 0.235. The summed E-state index contributed by atoms with van der Waals surface area (Å²) >= 11 is 0. The average Bonchev–Trinajstić information content (AvgIpc) is 2.54. The minimum atomic E-state index is -0.380. The summed E-state index contributed by atoms with van der Waals surface area (Å²) in [6.07, 6.45) is 0.840. The Hall–Kier alpha value is -2.33. The number of carbonyl (C=O) groups excluding carboxylic acids is 1. The highest BCUT2D eigenvalue weighted by Gasteiger charge is 2.14. The van der Waals surface area contributed by atoms with Crippen LogP contribution in [0.15, 0.2) is 42.5 Å². The van der Waals surface area contributed by atoms with Crippen molar-refractivity contribution in [3.05, 3.63) is 53.6 Å². The van der Waals surface area contributed by atoms with Crippen molar-refractivity contribution < 1.29 is 14.3 Å². The zero-order valence-corrected chi connectivity index (χ0v) is 12.3. The molecule has 0 saturated heterocycles. The molecule has 0 atom stereocenters. The Bertz CT molecular complexity index is 620. The van der Waals surface area contributed by atoms with E-state index in [4.69, 9.17) is 15.2 Å². The van der Waals surface area contributed by atoms with Crippen molar-refractivity contribution in [1.29, 1.82) is 0 Å². The van der Waals surface area contributed by atoms with Crippen molar-refractivity contribution in [2.75, 3.05) is 20.8 Å². The highest BCUT2D eigenvalue weighted by atomic mass is 16.5. The van der Waals surface area contributed by atoms with Gasteiger partial charge in [0.1, 0.15) is 5.75 Å². The molecule has 0 aromatic heterocycles. The molecule has 0 heterocycles. The second kappa shape index (κ2) is 6.90. The summed E-state index contributed by atoms with van der Waals surface area (Å²) in [5, 5.41) is 0. The van der Waals surface area contributed by atoms with Gasteiger partial charge in [0.2, 0.25) is 0 Å². The molecule has 0 fully saturated rings. The van der Waals surface area contributed by atoms with Crippen LogP contribution in [0.2, 0.25) is 0 Å². The smallest absolute Gasteiger partial charge is 0.338 e. The molecule has 4 nitrogen and oxygen atoms in total. The van der Waals surface area contributed by atoms with Crippen LogP contribution in [0.5, 0.6) is 5.75 Å². The van der Waals surface area contributed by atoms with Crippen LogP contribution >= 0.6 is 0 Å². The van der Waals surface area contributed by atoms with E-state index in [-0.39, 0.29) is 5.97 Å². The summed E-state index contributed by atoms with van der Waals surface area (Å²) in [6.45, 7) is 0.620. The third kappa shape index (κ3) is 3.41. The maximum Gasteiger partial charge on any atom is 0.338 e. The van der Waals surface area contributed by atoms with Crippen molar-refractivity contribution >= 4 is 5.97 Å². The lowest BCUT2D eigenvalue weighted by Crippen LogP contribution is -2.04. The number of carbonyl (C=O) groups is 1. The molecule has 4 heteroatoms. The lowest BCUT2D eigenvalue weighted by Gasteiger charge is -2.11. The first kappa shape index (κ1) is 15.1. The zero-order chi connectivity index (χ0) is 15.2. The lowest BCUT2D eigenvalue weighted by atomic mass is 9.98. The van der Waals surface area contributed by atoms with Gasteiger partial charge < -0.3 is 15.2 Å². The van der Waals surface area contributed by atoms with Gasteiger partial charge in [0.25, 0.3) is 0 Å². The van der Waals surface area contributed by atoms with Crippen LogP contribution in [0, 0.1) is 0 Å². The Morgan fingerprint density at radius 2 is 1.81 bits per heavy atom. The number of benzene rings is 2. The second-order valence-electron chi connectivity index (χ2n) is 4.64. The largest absolute Gasteiger partial charge is 0.497 e. The molecule has 0 unspecified atom stereocenters. The van der Waals surface area contributed by atoms with Gasteiger partial charge in [-0.2, -0.15) is 0 Å². The van der Waals surface area contributed by atoms with Gasteiger partial charge in [0, 0.05) is 0 Å². The van der Waals surface area contributed by atoms with E-state index in [0.717, 1.165) is 17.5 Å². The zero-order valence-electron chi connectivity index (χ0n) is 12.3. The van der Waals surface area contributed by atoms with Gasteiger partial charge in [-0.3, -0.25) is 0 Å². The predicted molar refractivity (Wildman–Crippen MR) is 82.5 cm³/mol. The number of esters is 1. The number of nitrogens with two attached hydrogens (primary N) is 1. The van der Waals surface area contributed by atoms with Gasteiger partial charge in [0.15, 0.2) is 0 Å². The lowest BCUT2D eigenvalue weighted by molar-refractivity contribution is 0.0601. The minimum Gasteiger partial charge on any atom is -0.497 e. The van der Waals surface area contributed by atoms with Crippen LogP contribution in [0.3, 0.4) is 0 Å². The van der Waals surface area contributed by atoms with Crippen LogP contribution in [-0.4, -0.2) is 26.7 Å². The molecule has 0 radical (unpaired) electrons. The maximum absolute atomic E-state index is 12.0. The van der Waals surface area contributed by atoms with Crippen molar-refractivity contribution in [3.63, 3.8) is 0 Å². The average molecular weight is 285 g/mol. The summed E-state index contributed by atoms with van der Waals surface area (Å²) in [6, 6.07) is 13.4. The van der Waals surface area contributed by atoms with E-state index >= 15 is 0 Å². The van der Waals surface area contributed by atoms with Gasteiger partial charge in [-0.15, -0.1) is 0 Å². The van der Waals surface area contributed by atoms with Gasteiger partial charge in [0.05, 0.1) is 19.8 Å². The van der Waals surface area contributed by atoms with Gasteiger partial charge >= 0.3 is 5.97 Å². The fourth-order valence-corrected chi connectivity index (χ4v) is 2.20. The Morgan fingerprint density at radius 3 is 2.38 bits per heavy atom. The molecule has 2 rings (SSSR count). The highest BCUT2D eigenvalue weighted by molar-refractivity contribution is 5.97. The van der Waals surface area contributed by atoms with E-state index in [1.165, 1.54) is 12.7 Å². The molecule has 0 bridgehead atoms. The van der Waals surface area contributed by atoms with Crippen LogP contribution in [0.1, 0.15) is 15.9 Å². The summed E-state index contributed by atoms with van der Waals surface area (Å²) in [4.78, 5) is 12.0. The van der Waals surface area contributed by atoms with Crippen molar-refractivity contribution in [1.82, 2.24) is 0 Å². The van der Waals surface area contributed by atoms with E-state index in [1.807, 2.05) is 36.4 Å². The quantitative estimate of drug-likeness (QED) is 0.858. The molecular formula is C17H19NO3. The van der Waals surface area contributed by atoms with E-state index < -0.39 is 0 Å². The molecule has 110 valence electrons. The van der Waals surface area contributed by atoms with Gasteiger partial charge in [-0.1, -0.05) is 24.3 Å². The van der Waals surface area contributed by atoms with E-state index in [1.54, 1.807) is 13.2 Å². The highest BCUT2D eigenvalue weighted by Crippen LogP contribution is 2.28. The third-order valence-corrected chi connectivity index (χ3v) is 3.33. The van der Waals surface area contributed by atoms with Crippen molar-refractivity contribution in [2.24, 2.45) is 5.73 Å². The van der Waals surface area contributed by atoms with Gasteiger partial charge in [-0.25, -0.2) is 4.79 Å². The van der Waals surface area contributed by atoms with Crippen LogP contribution in [0.25, 0.3) is 11.1 Å². The molecule has 2 aromatic rings. The summed E-state index contributed by atoms with van der Waals surface area (Å²) in [5.41, 5.74) is 8.99. The first-order valence-electron chi connectivity index (χ1n) is 6.75. The summed E-state index contributed by atoms with van der Waals surface area (Å²) < 4.78 is 10.0. The number of hydrogen-bond acceptors (Lipinski definition) is 4. The minimum absolute atomic E-state index is 0.380. The second-order valence-corrected chi connectivity index (χ2v) is 4.64. The Kier molecular flexibility index (Phi) is 4.95. The topological polar surface area (TPSA) is 61.5 Å². The van der Waals surface area contributed by atoms with Crippen molar-refractivity contribution in [3.8, 4) is 16.9 Å². The number of ether oxygens (including phenoxy) is 2. The molecule has 0 saturated carbocycles. The number of rotatable bonds is 5. The van der Waals surface area contributed by atoms with Crippen molar-refractivity contribution in [2.45, 2.75) is 6.42 Å². The molecule has 2 aromatic carbocycles. The molecule has 2 N–H and O–H groups in total. The standard InChI is InChI=1S/C17H19NO3/c1-20-14-7-8-15(16(11-14)17(19)21-2)13-5-3-12(4-6-13)9-10-18/h3-8,11H,9-10,18H2,1-2H3. The summed E-state index contributed by atoms with van der Waals surface area (Å²) in [5.74, 6) is 0.244. The third-order valence-electron chi connectivity index (χ3n) is 3.33. The molecule has 0 aliphatic rings. The Labute approximate surface area is 124 Å². The van der Waals surface area contributed by atoms with Gasteiger partial charge in [-0.05, 0) is 47.9 Å². The van der Waals surface area contributed by atoms with E-state index in [9.17, 15) is 4.79 Å². The first-order valence-corrected chi connectivity index (χ1v) is 6.75. The number of hydrogen-bond donors (Lipinski definition) is 1. The normalized spacial score (nSPS) is 10.2. The Morgan fingerprint density at radius 1 is 1.10 bits per heavy atom. The molecule has 0 aliphatic carbocycles. The maximum atomic E-state index is 12.0. The number of methoxy groups -OCH3 is 2.